The van der Waals surface area contributed by atoms with Crippen molar-refractivity contribution in [2.75, 3.05) is 12.4 Å². The minimum absolute atomic E-state index is 0.0526. The van der Waals surface area contributed by atoms with E-state index < -0.39 is 4.92 Å². The second kappa shape index (κ2) is 6.78. The molecule has 0 spiro atoms. The highest BCUT2D eigenvalue weighted by Crippen LogP contribution is 2.22. The molecule has 0 fully saturated rings. The summed E-state index contributed by atoms with van der Waals surface area (Å²) >= 11 is 0. The van der Waals surface area contributed by atoms with Crippen molar-refractivity contribution in [3.05, 3.63) is 64.2 Å². The number of methoxy groups -OCH3 is 1. The van der Waals surface area contributed by atoms with Gasteiger partial charge < -0.3 is 14.6 Å². The Hall–Kier alpha value is -3.42. The van der Waals surface area contributed by atoms with Crippen LogP contribution in [0.5, 0.6) is 5.75 Å². The van der Waals surface area contributed by atoms with Crippen molar-refractivity contribution in [3.63, 3.8) is 0 Å². The van der Waals surface area contributed by atoms with Gasteiger partial charge in [0.1, 0.15) is 5.75 Å². The van der Waals surface area contributed by atoms with Crippen LogP contribution in [-0.2, 0) is 6.54 Å². The van der Waals surface area contributed by atoms with Crippen LogP contribution in [0, 0.1) is 10.1 Å². The average Bonchev–Trinajstić information content (AvgIpc) is 3.09. The maximum atomic E-state index is 10.6. The number of benzene rings is 2. The fourth-order valence-corrected chi connectivity index (χ4v) is 2.09. The molecule has 24 heavy (non-hydrogen) atoms. The largest absolute Gasteiger partial charge is 0.497 e. The van der Waals surface area contributed by atoms with Gasteiger partial charge in [0.05, 0.1) is 12.0 Å². The predicted octanol–water partition coefficient (Wildman–Crippen LogP) is 3.27. The molecule has 0 radical (unpaired) electrons. The molecule has 0 saturated heterocycles. The lowest BCUT2D eigenvalue weighted by Crippen LogP contribution is -1.99. The third kappa shape index (κ3) is 3.49. The van der Waals surface area contributed by atoms with Crippen LogP contribution in [0.2, 0.25) is 0 Å². The smallest absolute Gasteiger partial charge is 0.322 e. The number of aromatic nitrogens is 2. The molecule has 0 aliphatic rings. The number of non-ortho nitro benzene ring substituents is 1. The molecule has 122 valence electrons. The zero-order chi connectivity index (χ0) is 16.9. The number of nitro groups is 1. The topological polar surface area (TPSA) is 103 Å². The molecule has 1 N–H and O–H groups in total. The maximum Gasteiger partial charge on any atom is 0.322 e. The number of nitrogens with zero attached hydrogens (tertiary/aromatic N) is 3. The Morgan fingerprint density at radius 1 is 1.25 bits per heavy atom. The standard InChI is InChI=1S/C16H14N4O4/c1-23-14-4-2-3-12(9-14)15-18-16(24-19-15)17-10-11-5-7-13(8-6-11)20(21)22/h2-9H,10H2,1H3,(H,17,18,19). The van der Waals surface area contributed by atoms with Gasteiger partial charge >= 0.3 is 6.01 Å². The Morgan fingerprint density at radius 3 is 2.75 bits per heavy atom. The molecule has 0 aliphatic carbocycles. The van der Waals surface area contributed by atoms with E-state index in [0.29, 0.717) is 18.1 Å². The van der Waals surface area contributed by atoms with Crippen LogP contribution in [0.15, 0.2) is 53.1 Å². The molecule has 0 atom stereocenters. The molecule has 2 aromatic carbocycles. The first kappa shape index (κ1) is 15.5. The lowest BCUT2D eigenvalue weighted by atomic mass is 10.2. The Kier molecular flexibility index (Phi) is 4.37. The van der Waals surface area contributed by atoms with Crippen molar-refractivity contribution < 1.29 is 14.2 Å². The van der Waals surface area contributed by atoms with Gasteiger partial charge in [-0.1, -0.05) is 29.4 Å². The van der Waals surface area contributed by atoms with Crippen molar-refractivity contribution in [2.24, 2.45) is 0 Å². The zero-order valence-electron chi connectivity index (χ0n) is 12.8. The molecule has 0 aliphatic heterocycles. The van der Waals surface area contributed by atoms with E-state index in [2.05, 4.69) is 15.5 Å². The van der Waals surface area contributed by atoms with E-state index in [4.69, 9.17) is 9.26 Å². The molecule has 0 amide bonds. The summed E-state index contributed by atoms with van der Waals surface area (Å²) in [5.41, 5.74) is 1.69. The van der Waals surface area contributed by atoms with E-state index in [9.17, 15) is 10.1 Å². The van der Waals surface area contributed by atoms with E-state index in [1.807, 2.05) is 24.3 Å². The van der Waals surface area contributed by atoms with Crippen molar-refractivity contribution >= 4 is 11.7 Å². The summed E-state index contributed by atoms with van der Waals surface area (Å²) in [5, 5.41) is 17.5. The average molecular weight is 326 g/mol. The molecule has 0 bridgehead atoms. The van der Waals surface area contributed by atoms with Crippen LogP contribution in [0.1, 0.15) is 5.56 Å². The molecule has 8 nitrogen and oxygen atoms in total. The van der Waals surface area contributed by atoms with E-state index in [0.717, 1.165) is 11.1 Å². The van der Waals surface area contributed by atoms with Crippen molar-refractivity contribution in [2.45, 2.75) is 6.54 Å². The molecule has 0 saturated carbocycles. The Labute approximate surface area is 137 Å². The molecular weight excluding hydrogens is 312 g/mol. The minimum atomic E-state index is -0.435. The quantitative estimate of drug-likeness (QED) is 0.547. The SMILES string of the molecule is COc1cccc(-c2noc(NCc3ccc([N+](=O)[O-])cc3)n2)c1. The fraction of sp³-hybridized carbons (Fsp3) is 0.125. The summed E-state index contributed by atoms with van der Waals surface area (Å²) in [5.74, 6) is 1.15. The first-order chi connectivity index (χ1) is 11.7. The van der Waals surface area contributed by atoms with Gasteiger partial charge in [0, 0.05) is 24.2 Å². The number of nitro benzene ring substituents is 1. The number of hydrogen-bond donors (Lipinski definition) is 1. The van der Waals surface area contributed by atoms with Gasteiger partial charge in [-0.2, -0.15) is 4.98 Å². The van der Waals surface area contributed by atoms with Gasteiger partial charge in [0.25, 0.3) is 5.69 Å². The molecule has 0 unspecified atom stereocenters. The Balaban J connectivity index is 1.66. The fourth-order valence-electron chi connectivity index (χ4n) is 2.09. The van der Waals surface area contributed by atoms with Crippen LogP contribution in [0.25, 0.3) is 11.4 Å². The lowest BCUT2D eigenvalue weighted by Gasteiger charge is -2.01. The number of nitrogens with one attached hydrogen (secondary N) is 1. The van der Waals surface area contributed by atoms with Gasteiger partial charge in [-0.15, -0.1) is 0 Å². The second-order valence-corrected chi connectivity index (χ2v) is 4.93. The second-order valence-electron chi connectivity index (χ2n) is 4.93. The zero-order valence-corrected chi connectivity index (χ0v) is 12.8. The number of ether oxygens (including phenoxy) is 1. The third-order valence-electron chi connectivity index (χ3n) is 3.34. The highest BCUT2D eigenvalue weighted by atomic mass is 16.6. The van der Waals surface area contributed by atoms with Crippen molar-refractivity contribution in [1.29, 1.82) is 0 Å². The highest BCUT2D eigenvalue weighted by molar-refractivity contribution is 5.57. The first-order valence-corrected chi connectivity index (χ1v) is 7.11. The summed E-state index contributed by atoms with van der Waals surface area (Å²) < 4.78 is 10.3. The molecular formula is C16H14N4O4. The van der Waals surface area contributed by atoms with Crippen molar-refractivity contribution in [3.8, 4) is 17.1 Å². The van der Waals surface area contributed by atoms with Gasteiger partial charge in [-0.3, -0.25) is 10.1 Å². The molecule has 1 heterocycles. The minimum Gasteiger partial charge on any atom is -0.497 e. The van der Waals surface area contributed by atoms with Gasteiger partial charge in [0.2, 0.25) is 5.82 Å². The Morgan fingerprint density at radius 2 is 2.04 bits per heavy atom. The number of hydrogen-bond acceptors (Lipinski definition) is 7. The predicted molar refractivity (Wildman–Crippen MR) is 86.7 cm³/mol. The van der Waals surface area contributed by atoms with Crippen LogP contribution in [0.4, 0.5) is 11.7 Å². The summed E-state index contributed by atoms with van der Waals surface area (Å²) in [4.78, 5) is 14.5. The maximum absolute atomic E-state index is 10.6. The van der Waals surface area contributed by atoms with E-state index in [1.54, 1.807) is 19.2 Å². The number of rotatable bonds is 6. The normalized spacial score (nSPS) is 10.4. The van der Waals surface area contributed by atoms with Gasteiger partial charge in [-0.25, -0.2) is 0 Å². The van der Waals surface area contributed by atoms with Crippen LogP contribution in [0.3, 0.4) is 0 Å². The van der Waals surface area contributed by atoms with Gasteiger partial charge in [-0.05, 0) is 17.7 Å². The summed E-state index contributed by atoms with van der Waals surface area (Å²) in [6.45, 7) is 0.414. The van der Waals surface area contributed by atoms with E-state index >= 15 is 0 Å². The Bertz CT molecular complexity index is 845. The number of anilines is 1. The summed E-state index contributed by atoms with van der Waals surface area (Å²) in [6, 6.07) is 13.9. The molecule has 8 heteroatoms. The van der Waals surface area contributed by atoms with Crippen LogP contribution >= 0.6 is 0 Å². The highest BCUT2D eigenvalue weighted by Gasteiger charge is 2.09. The van der Waals surface area contributed by atoms with E-state index in [1.165, 1.54) is 12.1 Å². The summed E-state index contributed by atoms with van der Waals surface area (Å²) in [7, 11) is 1.59. The first-order valence-electron chi connectivity index (χ1n) is 7.11. The third-order valence-corrected chi connectivity index (χ3v) is 3.34. The van der Waals surface area contributed by atoms with E-state index in [-0.39, 0.29) is 11.7 Å². The van der Waals surface area contributed by atoms with Gasteiger partial charge in [0.15, 0.2) is 0 Å². The van der Waals surface area contributed by atoms with Crippen molar-refractivity contribution in [1.82, 2.24) is 10.1 Å². The summed E-state index contributed by atoms with van der Waals surface area (Å²) in [6.07, 6.45) is 0. The van der Waals surface area contributed by atoms with Crippen LogP contribution < -0.4 is 10.1 Å². The molecule has 1 aromatic heterocycles. The monoisotopic (exact) mass is 326 g/mol. The molecule has 3 rings (SSSR count). The van der Waals surface area contributed by atoms with Crippen LogP contribution in [-0.4, -0.2) is 22.2 Å². The molecule has 3 aromatic rings. The lowest BCUT2D eigenvalue weighted by molar-refractivity contribution is -0.384.